The minimum Gasteiger partial charge on any atom is -0.487 e. The molecule has 17 heavy (non-hydrogen) atoms. The molecule has 0 radical (unpaired) electrons. The van der Waals surface area contributed by atoms with E-state index in [0.29, 0.717) is 12.4 Å². The summed E-state index contributed by atoms with van der Waals surface area (Å²) in [5.74, 6) is 1.43. The van der Waals surface area contributed by atoms with E-state index in [0.717, 1.165) is 17.0 Å². The van der Waals surface area contributed by atoms with E-state index in [2.05, 4.69) is 17.2 Å². The maximum Gasteiger partial charge on any atom is 0.145 e. The van der Waals surface area contributed by atoms with Crippen LogP contribution < -0.4 is 10.5 Å². The number of hydrogen-bond donors (Lipinski definition) is 1. The summed E-state index contributed by atoms with van der Waals surface area (Å²) in [6.07, 6.45) is 0. The lowest BCUT2D eigenvalue weighted by molar-refractivity contribution is 0.292. The molecular weight excluding hydrogens is 214 g/mol. The van der Waals surface area contributed by atoms with Gasteiger partial charge in [0.1, 0.15) is 18.2 Å². The van der Waals surface area contributed by atoms with Crippen molar-refractivity contribution in [1.82, 2.24) is 9.78 Å². The van der Waals surface area contributed by atoms with Gasteiger partial charge in [-0.3, -0.25) is 4.68 Å². The Balaban J connectivity index is 2.12. The second-order valence-corrected chi connectivity index (χ2v) is 4.24. The number of aryl methyl sites for hydroxylation is 3. The zero-order chi connectivity index (χ0) is 12.4. The Labute approximate surface area is 101 Å². The number of anilines is 1. The maximum absolute atomic E-state index is 5.78. The molecule has 0 unspecified atom stereocenters. The molecule has 1 heterocycles. The molecule has 0 saturated carbocycles. The monoisotopic (exact) mass is 231 g/mol. The molecule has 2 N–H and O–H groups in total. The van der Waals surface area contributed by atoms with Crippen LogP contribution in [0.4, 0.5) is 5.82 Å². The highest BCUT2D eigenvalue weighted by Gasteiger charge is 2.05. The van der Waals surface area contributed by atoms with Crippen LogP contribution in [-0.2, 0) is 13.7 Å². The van der Waals surface area contributed by atoms with Crippen molar-refractivity contribution in [3.8, 4) is 5.75 Å². The van der Waals surface area contributed by atoms with Gasteiger partial charge in [0, 0.05) is 13.1 Å². The fourth-order valence-electron chi connectivity index (χ4n) is 1.68. The van der Waals surface area contributed by atoms with Crippen molar-refractivity contribution >= 4 is 5.82 Å². The average molecular weight is 231 g/mol. The van der Waals surface area contributed by atoms with Gasteiger partial charge < -0.3 is 10.5 Å². The van der Waals surface area contributed by atoms with Crippen molar-refractivity contribution in [2.24, 2.45) is 7.05 Å². The number of nitrogens with two attached hydrogens (primary N) is 1. The van der Waals surface area contributed by atoms with Gasteiger partial charge in [-0.25, -0.2) is 0 Å². The van der Waals surface area contributed by atoms with E-state index in [1.54, 1.807) is 4.68 Å². The van der Waals surface area contributed by atoms with Crippen molar-refractivity contribution < 1.29 is 4.74 Å². The van der Waals surface area contributed by atoms with Crippen LogP contribution in [0.1, 0.15) is 16.8 Å². The number of nitrogens with zero attached hydrogens (tertiary/aromatic N) is 2. The van der Waals surface area contributed by atoms with Gasteiger partial charge in [0.25, 0.3) is 0 Å². The van der Waals surface area contributed by atoms with Gasteiger partial charge in [0.05, 0.1) is 5.69 Å². The van der Waals surface area contributed by atoms with Gasteiger partial charge in [-0.05, 0) is 31.0 Å². The predicted molar refractivity (Wildman–Crippen MR) is 67.9 cm³/mol. The summed E-state index contributed by atoms with van der Waals surface area (Å²) in [5.41, 5.74) is 8.90. The summed E-state index contributed by atoms with van der Waals surface area (Å²) >= 11 is 0. The molecule has 0 aliphatic rings. The van der Waals surface area contributed by atoms with Crippen LogP contribution in [0.2, 0.25) is 0 Å². The Morgan fingerprint density at radius 3 is 2.71 bits per heavy atom. The molecule has 0 saturated heterocycles. The van der Waals surface area contributed by atoms with Gasteiger partial charge in [-0.2, -0.15) is 5.10 Å². The molecule has 4 heteroatoms. The topological polar surface area (TPSA) is 53.1 Å². The molecule has 4 nitrogen and oxygen atoms in total. The first-order chi connectivity index (χ1) is 8.06. The fourth-order valence-corrected chi connectivity index (χ4v) is 1.68. The number of rotatable bonds is 3. The van der Waals surface area contributed by atoms with Crippen LogP contribution in [0.3, 0.4) is 0 Å². The van der Waals surface area contributed by atoms with Gasteiger partial charge in [-0.1, -0.05) is 12.1 Å². The lowest BCUT2D eigenvalue weighted by Crippen LogP contribution is -2.03. The molecule has 0 atom stereocenters. The quantitative estimate of drug-likeness (QED) is 0.881. The lowest BCUT2D eigenvalue weighted by Gasteiger charge is -2.09. The molecule has 0 aliphatic heterocycles. The molecule has 2 rings (SSSR count). The zero-order valence-corrected chi connectivity index (χ0v) is 10.4. The van der Waals surface area contributed by atoms with Gasteiger partial charge in [-0.15, -0.1) is 0 Å². The number of nitrogen functional groups attached to an aromatic ring is 1. The van der Waals surface area contributed by atoms with Crippen molar-refractivity contribution in [2.75, 3.05) is 5.73 Å². The Kier molecular flexibility index (Phi) is 3.04. The summed E-state index contributed by atoms with van der Waals surface area (Å²) < 4.78 is 7.52. The molecule has 0 aliphatic carbocycles. The minimum absolute atomic E-state index is 0.477. The zero-order valence-electron chi connectivity index (χ0n) is 10.4. The Bertz CT molecular complexity index is 531. The molecule has 0 bridgehead atoms. The van der Waals surface area contributed by atoms with Crippen LogP contribution in [0.25, 0.3) is 0 Å². The molecule has 0 amide bonds. The van der Waals surface area contributed by atoms with E-state index in [4.69, 9.17) is 10.5 Å². The highest BCUT2D eigenvalue weighted by Crippen LogP contribution is 2.20. The first-order valence-corrected chi connectivity index (χ1v) is 5.54. The number of aromatic nitrogens is 2. The van der Waals surface area contributed by atoms with E-state index >= 15 is 0 Å². The molecule has 0 spiro atoms. The van der Waals surface area contributed by atoms with E-state index in [-0.39, 0.29) is 0 Å². The predicted octanol–water partition coefficient (Wildman–Crippen LogP) is 2.20. The van der Waals surface area contributed by atoms with Crippen LogP contribution in [0.15, 0.2) is 24.3 Å². The Hall–Kier alpha value is -1.97. The molecule has 90 valence electrons. The first-order valence-electron chi connectivity index (χ1n) is 5.54. The highest BCUT2D eigenvalue weighted by molar-refractivity contribution is 5.36. The van der Waals surface area contributed by atoms with Crippen molar-refractivity contribution in [2.45, 2.75) is 20.5 Å². The van der Waals surface area contributed by atoms with Crippen molar-refractivity contribution in [3.05, 3.63) is 41.1 Å². The normalized spacial score (nSPS) is 10.5. The molecule has 1 aromatic carbocycles. The van der Waals surface area contributed by atoms with Crippen LogP contribution in [-0.4, -0.2) is 9.78 Å². The van der Waals surface area contributed by atoms with Crippen LogP contribution in [0.5, 0.6) is 5.75 Å². The molecule has 2 aromatic rings. The third kappa shape index (κ3) is 2.58. The van der Waals surface area contributed by atoms with Crippen molar-refractivity contribution in [3.63, 3.8) is 0 Å². The smallest absolute Gasteiger partial charge is 0.145 e. The Morgan fingerprint density at radius 2 is 2.06 bits per heavy atom. The number of benzene rings is 1. The number of hydrogen-bond acceptors (Lipinski definition) is 3. The summed E-state index contributed by atoms with van der Waals surface area (Å²) in [7, 11) is 1.86. The SMILES string of the molecule is Cc1ccc(C)c(OCc2cc(N)nn2C)c1. The fraction of sp³-hybridized carbons (Fsp3) is 0.308. The average Bonchev–Trinajstić information content (AvgIpc) is 2.59. The lowest BCUT2D eigenvalue weighted by atomic mass is 10.1. The summed E-state index contributed by atoms with van der Waals surface area (Å²) in [4.78, 5) is 0. The second-order valence-electron chi connectivity index (χ2n) is 4.24. The number of ether oxygens (including phenoxy) is 1. The standard InChI is InChI=1S/C13H17N3O/c1-9-4-5-10(2)12(6-9)17-8-11-7-13(14)15-16(11)3/h4-7H,8H2,1-3H3,(H2,14,15). The largest absolute Gasteiger partial charge is 0.487 e. The minimum atomic E-state index is 0.477. The highest BCUT2D eigenvalue weighted by atomic mass is 16.5. The molecular formula is C13H17N3O. The Morgan fingerprint density at radius 1 is 1.29 bits per heavy atom. The maximum atomic E-state index is 5.78. The third-order valence-electron chi connectivity index (χ3n) is 2.71. The third-order valence-corrected chi connectivity index (χ3v) is 2.71. The summed E-state index contributed by atoms with van der Waals surface area (Å²) in [5, 5.41) is 4.08. The van der Waals surface area contributed by atoms with E-state index in [1.807, 2.05) is 33.0 Å². The van der Waals surface area contributed by atoms with Crippen LogP contribution >= 0.6 is 0 Å². The molecule has 0 fully saturated rings. The van der Waals surface area contributed by atoms with Gasteiger partial charge >= 0.3 is 0 Å². The van der Waals surface area contributed by atoms with Crippen molar-refractivity contribution in [1.29, 1.82) is 0 Å². The van der Waals surface area contributed by atoms with Gasteiger partial charge in [0.2, 0.25) is 0 Å². The summed E-state index contributed by atoms with van der Waals surface area (Å²) in [6, 6.07) is 7.99. The van der Waals surface area contributed by atoms with Crippen LogP contribution in [0, 0.1) is 13.8 Å². The second kappa shape index (κ2) is 4.49. The van der Waals surface area contributed by atoms with E-state index in [9.17, 15) is 0 Å². The first kappa shape index (κ1) is 11.5. The molecule has 1 aromatic heterocycles. The summed E-state index contributed by atoms with van der Waals surface area (Å²) in [6.45, 7) is 4.56. The van der Waals surface area contributed by atoms with E-state index < -0.39 is 0 Å². The van der Waals surface area contributed by atoms with E-state index in [1.165, 1.54) is 5.56 Å². The van der Waals surface area contributed by atoms with Gasteiger partial charge in [0.15, 0.2) is 0 Å².